The molecule has 26 heavy (non-hydrogen) atoms. The number of rotatable bonds is 4. The van der Waals surface area contributed by atoms with Gasteiger partial charge in [-0.2, -0.15) is 9.61 Å². The Morgan fingerprint density at radius 1 is 1.04 bits per heavy atom. The van der Waals surface area contributed by atoms with Gasteiger partial charge in [0.2, 0.25) is 0 Å². The maximum absolute atomic E-state index is 12.5. The molecule has 5 nitrogen and oxygen atoms in total. The van der Waals surface area contributed by atoms with Crippen LogP contribution in [0.3, 0.4) is 0 Å². The summed E-state index contributed by atoms with van der Waals surface area (Å²) in [5.41, 5.74) is 5.39. The average Bonchev–Trinajstić information content (AvgIpc) is 2.98. The Labute approximate surface area is 155 Å². The number of H-pyrrole nitrogens is 1. The molecule has 0 bridgehead atoms. The number of thioether (sulfide) groups is 1. The van der Waals surface area contributed by atoms with Crippen LogP contribution < -0.4 is 5.69 Å². The first-order chi connectivity index (χ1) is 12.6. The van der Waals surface area contributed by atoms with Gasteiger partial charge in [-0.05, 0) is 25.0 Å². The lowest BCUT2D eigenvalue weighted by Gasteiger charge is -2.04. The first kappa shape index (κ1) is 16.6. The molecule has 0 aliphatic carbocycles. The van der Waals surface area contributed by atoms with Crippen molar-refractivity contribution >= 4 is 17.4 Å². The van der Waals surface area contributed by atoms with Gasteiger partial charge in [0.05, 0.1) is 5.69 Å². The highest BCUT2D eigenvalue weighted by molar-refractivity contribution is 7.98. The Morgan fingerprint density at radius 2 is 1.77 bits per heavy atom. The molecule has 0 amide bonds. The lowest BCUT2D eigenvalue weighted by molar-refractivity contribution is 0.780. The largest absolute Gasteiger partial charge is 0.350 e. The van der Waals surface area contributed by atoms with Crippen molar-refractivity contribution in [1.29, 1.82) is 0 Å². The summed E-state index contributed by atoms with van der Waals surface area (Å²) >= 11 is 1.51. The van der Waals surface area contributed by atoms with Crippen molar-refractivity contribution in [2.24, 2.45) is 0 Å². The zero-order valence-corrected chi connectivity index (χ0v) is 15.4. The van der Waals surface area contributed by atoms with Crippen molar-refractivity contribution in [1.82, 2.24) is 19.6 Å². The molecule has 0 spiro atoms. The molecule has 4 aromatic rings. The Morgan fingerprint density at radius 3 is 2.50 bits per heavy atom. The minimum Gasteiger partial charge on any atom is -0.285 e. The van der Waals surface area contributed by atoms with E-state index < -0.39 is 0 Å². The zero-order chi connectivity index (χ0) is 18.1. The van der Waals surface area contributed by atoms with E-state index in [9.17, 15) is 4.79 Å². The monoisotopic (exact) mass is 362 g/mol. The fourth-order valence-electron chi connectivity index (χ4n) is 2.88. The van der Waals surface area contributed by atoms with Crippen LogP contribution >= 0.6 is 11.8 Å². The molecule has 4 rings (SSSR count). The van der Waals surface area contributed by atoms with Gasteiger partial charge in [0.1, 0.15) is 0 Å². The van der Waals surface area contributed by atoms with Gasteiger partial charge in [0, 0.05) is 11.3 Å². The van der Waals surface area contributed by atoms with Crippen LogP contribution in [0, 0.1) is 13.8 Å². The molecule has 0 fully saturated rings. The first-order valence-electron chi connectivity index (χ1n) is 8.35. The maximum atomic E-state index is 12.5. The molecular formula is C20H18N4OS. The van der Waals surface area contributed by atoms with E-state index in [4.69, 9.17) is 0 Å². The molecule has 1 N–H and O–H groups in total. The van der Waals surface area contributed by atoms with Crippen molar-refractivity contribution in [2.75, 3.05) is 0 Å². The van der Waals surface area contributed by atoms with Crippen LogP contribution in [0.15, 0.2) is 64.5 Å². The quantitative estimate of drug-likeness (QED) is 0.558. The van der Waals surface area contributed by atoms with E-state index in [1.807, 2.05) is 44.2 Å². The molecule has 0 radical (unpaired) electrons. The van der Waals surface area contributed by atoms with Crippen LogP contribution in [0.2, 0.25) is 0 Å². The molecule has 2 heterocycles. The molecule has 0 saturated carbocycles. The highest BCUT2D eigenvalue weighted by atomic mass is 32.2. The third-order valence-corrected chi connectivity index (χ3v) is 5.15. The van der Waals surface area contributed by atoms with E-state index in [0.29, 0.717) is 10.8 Å². The van der Waals surface area contributed by atoms with Gasteiger partial charge in [-0.25, -0.2) is 9.78 Å². The standard InChI is InChI=1S/C20H18N4OS/c1-13-8-10-16(11-9-13)17-14(2)23-24-18(17)21-19(22-20(24)25)26-12-15-6-4-3-5-7-15/h3-11H,12H2,1-2H3,(H,21,22,25). The maximum Gasteiger partial charge on any atom is 0.350 e. The van der Waals surface area contributed by atoms with Crippen LogP contribution in [0.25, 0.3) is 16.8 Å². The van der Waals surface area contributed by atoms with Crippen LogP contribution in [-0.4, -0.2) is 19.6 Å². The zero-order valence-electron chi connectivity index (χ0n) is 14.6. The summed E-state index contributed by atoms with van der Waals surface area (Å²) in [6.45, 7) is 3.95. The van der Waals surface area contributed by atoms with Gasteiger partial charge in [-0.1, -0.05) is 71.9 Å². The summed E-state index contributed by atoms with van der Waals surface area (Å²) in [7, 11) is 0. The molecule has 0 unspecified atom stereocenters. The summed E-state index contributed by atoms with van der Waals surface area (Å²) in [6.07, 6.45) is 0. The second-order valence-corrected chi connectivity index (χ2v) is 7.15. The highest BCUT2D eigenvalue weighted by Gasteiger charge is 2.16. The third kappa shape index (κ3) is 3.15. The summed E-state index contributed by atoms with van der Waals surface area (Å²) in [5, 5.41) is 4.97. The predicted octanol–water partition coefficient (Wildman–Crippen LogP) is 3.99. The number of hydrogen-bond acceptors (Lipinski definition) is 4. The molecule has 0 saturated heterocycles. The van der Waals surface area contributed by atoms with Crippen LogP contribution in [0.5, 0.6) is 0 Å². The van der Waals surface area contributed by atoms with E-state index in [2.05, 4.69) is 39.3 Å². The molecule has 6 heteroatoms. The average molecular weight is 362 g/mol. The molecule has 130 valence electrons. The highest BCUT2D eigenvalue weighted by Crippen LogP contribution is 2.28. The lowest BCUT2D eigenvalue weighted by atomic mass is 10.0. The van der Waals surface area contributed by atoms with E-state index in [1.54, 1.807) is 0 Å². The van der Waals surface area contributed by atoms with Gasteiger partial charge in [0.25, 0.3) is 0 Å². The molecule has 0 aliphatic heterocycles. The number of hydrogen-bond donors (Lipinski definition) is 1. The number of aromatic nitrogens is 4. The molecule has 0 aliphatic rings. The predicted molar refractivity (Wildman–Crippen MR) is 105 cm³/mol. The van der Waals surface area contributed by atoms with Crippen molar-refractivity contribution in [3.05, 3.63) is 81.9 Å². The molecule has 2 aromatic carbocycles. The fourth-order valence-corrected chi connectivity index (χ4v) is 3.69. The Bertz CT molecular complexity index is 1110. The second kappa shape index (κ2) is 6.80. The SMILES string of the molecule is Cc1ccc(-c2c(C)nn3c(=O)[nH]c(SCc4ccccc4)nc23)cc1. The van der Waals surface area contributed by atoms with Crippen LogP contribution in [0.1, 0.15) is 16.8 Å². The number of fused-ring (bicyclic) bond motifs is 1. The Hall–Kier alpha value is -2.86. The first-order valence-corrected chi connectivity index (χ1v) is 9.34. The summed E-state index contributed by atoms with van der Waals surface area (Å²) in [6, 6.07) is 18.3. The van der Waals surface area contributed by atoms with E-state index in [-0.39, 0.29) is 5.69 Å². The van der Waals surface area contributed by atoms with E-state index in [1.165, 1.54) is 27.4 Å². The molecular weight excluding hydrogens is 344 g/mol. The van der Waals surface area contributed by atoms with Gasteiger partial charge in [-0.15, -0.1) is 0 Å². The van der Waals surface area contributed by atoms with Crippen molar-refractivity contribution in [3.8, 4) is 11.1 Å². The van der Waals surface area contributed by atoms with Crippen molar-refractivity contribution < 1.29 is 0 Å². The van der Waals surface area contributed by atoms with Gasteiger partial charge < -0.3 is 0 Å². The summed E-state index contributed by atoms with van der Waals surface area (Å²) in [4.78, 5) is 20.0. The number of benzene rings is 2. The van der Waals surface area contributed by atoms with Crippen molar-refractivity contribution in [2.45, 2.75) is 24.8 Å². The van der Waals surface area contributed by atoms with Crippen LogP contribution in [-0.2, 0) is 5.75 Å². The smallest absolute Gasteiger partial charge is 0.285 e. The minimum atomic E-state index is -0.271. The van der Waals surface area contributed by atoms with Gasteiger partial charge >= 0.3 is 5.69 Å². The number of nitrogens with one attached hydrogen (secondary N) is 1. The second-order valence-electron chi connectivity index (χ2n) is 6.18. The minimum absolute atomic E-state index is 0.271. The van der Waals surface area contributed by atoms with Crippen molar-refractivity contribution in [3.63, 3.8) is 0 Å². The third-order valence-electron chi connectivity index (χ3n) is 4.21. The number of aromatic amines is 1. The number of nitrogens with zero attached hydrogens (tertiary/aromatic N) is 3. The fraction of sp³-hybridized carbons (Fsp3) is 0.150. The normalized spacial score (nSPS) is 11.2. The topological polar surface area (TPSA) is 63.1 Å². The Kier molecular flexibility index (Phi) is 4.34. The number of aryl methyl sites for hydroxylation is 2. The van der Waals surface area contributed by atoms with Gasteiger partial charge in [0.15, 0.2) is 10.8 Å². The molecule has 0 atom stereocenters. The Balaban J connectivity index is 1.76. The van der Waals surface area contributed by atoms with E-state index in [0.717, 1.165) is 22.6 Å². The van der Waals surface area contributed by atoms with E-state index >= 15 is 0 Å². The van der Waals surface area contributed by atoms with Gasteiger partial charge in [-0.3, -0.25) is 4.98 Å². The summed E-state index contributed by atoms with van der Waals surface area (Å²) in [5.74, 6) is 0.743. The lowest BCUT2D eigenvalue weighted by Crippen LogP contribution is -2.19. The summed E-state index contributed by atoms with van der Waals surface area (Å²) < 4.78 is 1.34. The molecule has 2 aromatic heterocycles. The van der Waals surface area contributed by atoms with Crippen LogP contribution in [0.4, 0.5) is 0 Å².